The van der Waals surface area contributed by atoms with Crippen molar-refractivity contribution >= 4 is 5.91 Å². The molecule has 0 bridgehead atoms. The van der Waals surface area contributed by atoms with Gasteiger partial charge in [0, 0.05) is 18.4 Å². The minimum Gasteiger partial charge on any atom is -0.339 e. The largest absolute Gasteiger partial charge is 0.339 e. The highest BCUT2D eigenvalue weighted by Gasteiger charge is 2.21. The van der Waals surface area contributed by atoms with Crippen molar-refractivity contribution in [2.75, 3.05) is 33.2 Å². The van der Waals surface area contributed by atoms with E-state index in [1.165, 1.54) is 10.5 Å². The van der Waals surface area contributed by atoms with Gasteiger partial charge in [0.1, 0.15) is 0 Å². The maximum absolute atomic E-state index is 12.2. The third-order valence-electron chi connectivity index (χ3n) is 4.53. The lowest BCUT2D eigenvalue weighted by Gasteiger charge is -2.30. The Hall–Kier alpha value is -2.21. The summed E-state index contributed by atoms with van der Waals surface area (Å²) < 4.78 is 5.30. The molecule has 1 aromatic heterocycles. The van der Waals surface area contributed by atoms with E-state index in [0.29, 0.717) is 24.6 Å². The van der Waals surface area contributed by atoms with Crippen molar-refractivity contribution < 1.29 is 14.2 Å². The van der Waals surface area contributed by atoms with E-state index < -0.39 is 0 Å². The molecule has 2 aromatic rings. The average molecular weight is 329 g/mol. The monoisotopic (exact) mass is 329 g/mol. The van der Waals surface area contributed by atoms with Gasteiger partial charge in [-0.05, 0) is 13.3 Å². The second-order valence-corrected chi connectivity index (χ2v) is 6.57. The number of hydrogen-bond acceptors (Lipinski definition) is 4. The van der Waals surface area contributed by atoms with Crippen molar-refractivity contribution in [3.05, 3.63) is 35.7 Å². The molecule has 0 unspecified atom stereocenters. The van der Waals surface area contributed by atoms with Gasteiger partial charge in [-0.3, -0.25) is 4.79 Å². The topological polar surface area (TPSA) is 63.7 Å². The molecule has 1 saturated heterocycles. The van der Waals surface area contributed by atoms with Crippen molar-refractivity contribution in [2.24, 2.45) is 0 Å². The molecule has 1 N–H and O–H groups in total. The first-order valence-corrected chi connectivity index (χ1v) is 8.60. The van der Waals surface area contributed by atoms with Gasteiger partial charge in [0.05, 0.1) is 33.2 Å². The normalized spacial score (nSPS) is 15.7. The molecule has 0 aliphatic carbocycles. The van der Waals surface area contributed by atoms with Gasteiger partial charge < -0.3 is 14.3 Å². The minimum atomic E-state index is 0.237. The highest BCUT2D eigenvalue weighted by Crippen LogP contribution is 2.17. The minimum absolute atomic E-state index is 0.237. The van der Waals surface area contributed by atoms with Crippen LogP contribution in [0.15, 0.2) is 28.8 Å². The molecule has 0 spiro atoms. The second kappa shape index (κ2) is 7.57. The van der Waals surface area contributed by atoms with Crippen LogP contribution < -0.4 is 4.90 Å². The van der Waals surface area contributed by atoms with Crippen molar-refractivity contribution in [1.29, 1.82) is 0 Å². The van der Waals surface area contributed by atoms with Gasteiger partial charge in [-0.15, -0.1) is 0 Å². The van der Waals surface area contributed by atoms with Crippen LogP contribution in [0.1, 0.15) is 24.3 Å². The van der Waals surface area contributed by atoms with Crippen LogP contribution in [-0.2, 0) is 11.2 Å². The first-order valence-electron chi connectivity index (χ1n) is 8.60. The maximum Gasteiger partial charge on any atom is 0.226 e. The van der Waals surface area contributed by atoms with Gasteiger partial charge >= 0.3 is 0 Å². The summed E-state index contributed by atoms with van der Waals surface area (Å²) in [5, 5.41) is 4.03. The quantitative estimate of drug-likeness (QED) is 0.878. The summed E-state index contributed by atoms with van der Waals surface area (Å²) in [6.45, 7) is 5.85. The number of aromatic nitrogens is 2. The summed E-state index contributed by atoms with van der Waals surface area (Å²) in [7, 11) is 2.17. The molecule has 0 atom stereocenters. The van der Waals surface area contributed by atoms with Gasteiger partial charge in [-0.25, -0.2) is 0 Å². The number of benzene rings is 1. The Labute approximate surface area is 142 Å². The summed E-state index contributed by atoms with van der Waals surface area (Å²) in [6, 6.07) is 8.04. The van der Waals surface area contributed by atoms with Crippen molar-refractivity contribution in [3.63, 3.8) is 0 Å². The molecule has 6 nitrogen and oxygen atoms in total. The molecule has 0 saturated carbocycles. The van der Waals surface area contributed by atoms with E-state index in [0.717, 1.165) is 38.2 Å². The Kier molecular flexibility index (Phi) is 5.25. The zero-order valence-electron chi connectivity index (χ0n) is 14.4. The lowest BCUT2D eigenvalue weighted by Crippen LogP contribution is -3.12. The SMILES string of the molecule is Cc1ccc(-c2noc(CCCC(=O)N3CC[NH+](C)CC3)n2)cc1. The van der Waals surface area contributed by atoms with Crippen molar-refractivity contribution in [3.8, 4) is 11.4 Å². The van der Waals surface area contributed by atoms with E-state index in [4.69, 9.17) is 4.52 Å². The van der Waals surface area contributed by atoms with Gasteiger partial charge in [-0.2, -0.15) is 4.98 Å². The molecule has 2 heterocycles. The molecular formula is C18H25N4O2+. The molecule has 1 aliphatic heterocycles. The van der Waals surface area contributed by atoms with E-state index >= 15 is 0 Å². The van der Waals surface area contributed by atoms with E-state index in [1.54, 1.807) is 0 Å². The summed E-state index contributed by atoms with van der Waals surface area (Å²) >= 11 is 0. The molecule has 24 heavy (non-hydrogen) atoms. The predicted octanol–water partition coefficient (Wildman–Crippen LogP) is 0.725. The summed E-state index contributed by atoms with van der Waals surface area (Å²) in [5.41, 5.74) is 2.15. The smallest absolute Gasteiger partial charge is 0.226 e. The lowest BCUT2D eigenvalue weighted by molar-refractivity contribution is -0.883. The number of nitrogens with one attached hydrogen (secondary N) is 1. The van der Waals surface area contributed by atoms with Crippen molar-refractivity contribution in [2.45, 2.75) is 26.2 Å². The summed E-state index contributed by atoms with van der Waals surface area (Å²) in [4.78, 5) is 20.1. The summed E-state index contributed by atoms with van der Waals surface area (Å²) in [6.07, 6.45) is 1.93. The Bertz CT molecular complexity index is 673. The molecule has 6 heteroatoms. The van der Waals surface area contributed by atoms with Crippen LogP contribution in [0.5, 0.6) is 0 Å². The van der Waals surface area contributed by atoms with Gasteiger partial charge in [0.25, 0.3) is 0 Å². The Balaban J connectivity index is 1.47. The number of likely N-dealkylation sites (N-methyl/N-ethyl adjacent to an activating group) is 1. The molecule has 3 rings (SSSR count). The Morgan fingerprint density at radius 3 is 2.67 bits per heavy atom. The molecule has 1 aromatic carbocycles. The molecule has 1 fully saturated rings. The first-order chi connectivity index (χ1) is 11.6. The van der Waals surface area contributed by atoms with E-state index in [2.05, 4.69) is 17.2 Å². The first kappa shape index (κ1) is 16.6. The highest BCUT2D eigenvalue weighted by atomic mass is 16.5. The molecular weight excluding hydrogens is 304 g/mol. The molecule has 1 aliphatic rings. The van der Waals surface area contributed by atoms with Crippen LogP contribution in [0.4, 0.5) is 0 Å². The molecule has 0 radical (unpaired) electrons. The number of amides is 1. The zero-order valence-corrected chi connectivity index (χ0v) is 14.4. The maximum atomic E-state index is 12.2. The standard InChI is InChI=1S/C18H24N4O2/c1-14-6-8-15(9-7-14)18-19-16(24-20-18)4-3-5-17(23)22-12-10-21(2)11-13-22/h6-9H,3-5,10-13H2,1-2H3/p+1. The fourth-order valence-electron chi connectivity index (χ4n) is 2.86. The number of quaternary nitrogens is 1. The van der Waals surface area contributed by atoms with Crippen LogP contribution in [-0.4, -0.2) is 54.2 Å². The van der Waals surface area contributed by atoms with Crippen molar-refractivity contribution in [1.82, 2.24) is 15.0 Å². The van der Waals surface area contributed by atoms with Gasteiger partial charge in [0.2, 0.25) is 17.6 Å². The van der Waals surface area contributed by atoms with Crippen LogP contribution in [0.3, 0.4) is 0 Å². The molecule has 128 valence electrons. The lowest BCUT2D eigenvalue weighted by atomic mass is 10.1. The fraction of sp³-hybridized carbons (Fsp3) is 0.500. The third-order valence-corrected chi connectivity index (χ3v) is 4.53. The number of carbonyl (C=O) groups is 1. The predicted molar refractivity (Wildman–Crippen MR) is 90.6 cm³/mol. The van der Waals surface area contributed by atoms with Gasteiger partial charge in [-0.1, -0.05) is 35.0 Å². The number of hydrogen-bond donors (Lipinski definition) is 1. The molecule has 1 amide bonds. The number of aryl methyl sites for hydroxylation is 2. The van der Waals surface area contributed by atoms with Crippen LogP contribution in [0.2, 0.25) is 0 Å². The Morgan fingerprint density at radius 1 is 1.25 bits per heavy atom. The summed E-state index contributed by atoms with van der Waals surface area (Å²) in [5.74, 6) is 1.44. The Morgan fingerprint density at radius 2 is 1.96 bits per heavy atom. The van der Waals surface area contributed by atoms with Crippen LogP contribution >= 0.6 is 0 Å². The fourth-order valence-corrected chi connectivity index (χ4v) is 2.86. The number of carbonyl (C=O) groups excluding carboxylic acids is 1. The van der Waals surface area contributed by atoms with E-state index in [9.17, 15) is 4.79 Å². The van der Waals surface area contributed by atoms with Crippen LogP contribution in [0.25, 0.3) is 11.4 Å². The average Bonchev–Trinajstić information content (AvgIpc) is 3.05. The highest BCUT2D eigenvalue weighted by molar-refractivity contribution is 5.76. The number of nitrogens with zero attached hydrogens (tertiary/aromatic N) is 3. The number of piperazine rings is 1. The van der Waals surface area contributed by atoms with E-state index in [-0.39, 0.29) is 5.91 Å². The number of rotatable bonds is 5. The van der Waals surface area contributed by atoms with Crippen LogP contribution in [0, 0.1) is 6.92 Å². The third kappa shape index (κ3) is 4.20. The zero-order chi connectivity index (χ0) is 16.9. The van der Waals surface area contributed by atoms with E-state index in [1.807, 2.05) is 36.1 Å². The second-order valence-electron chi connectivity index (χ2n) is 6.57. The van der Waals surface area contributed by atoms with Gasteiger partial charge in [0.15, 0.2) is 0 Å².